The Morgan fingerprint density at radius 1 is 0.762 bits per heavy atom. The lowest BCUT2D eigenvalue weighted by atomic mass is 10.1. The molecule has 0 radical (unpaired) electrons. The van der Waals surface area contributed by atoms with Crippen LogP contribution in [-0.4, -0.2) is 37.5 Å². The molecule has 4 heteroatoms. The maximum Gasteiger partial charge on any atom is 0.302 e. The van der Waals surface area contributed by atoms with E-state index in [0.29, 0.717) is 13.0 Å². The first-order valence-corrected chi connectivity index (χ1v) is 8.37. The van der Waals surface area contributed by atoms with Crippen molar-refractivity contribution in [2.75, 3.05) is 20.7 Å². The smallest absolute Gasteiger partial charge is 0.302 e. The molecule has 0 spiro atoms. The minimum Gasteiger partial charge on any atom is -0.466 e. The molecule has 0 saturated carbocycles. The van der Waals surface area contributed by atoms with E-state index in [1.807, 2.05) is 14.1 Å². The fourth-order valence-electron chi connectivity index (χ4n) is 2.23. The number of carbonyl (C=O) groups is 2. The van der Waals surface area contributed by atoms with Crippen LogP contribution in [0.25, 0.3) is 0 Å². The largest absolute Gasteiger partial charge is 0.466 e. The first kappa shape index (κ1) is 19.9. The number of amides is 1. The van der Waals surface area contributed by atoms with Crippen molar-refractivity contribution in [1.29, 1.82) is 0 Å². The number of carbonyl (C=O) groups excluding carboxylic acids is 2. The van der Waals surface area contributed by atoms with E-state index in [1.54, 1.807) is 4.90 Å². The first-order chi connectivity index (χ1) is 10.0. The fourth-order valence-corrected chi connectivity index (χ4v) is 2.23. The van der Waals surface area contributed by atoms with Crippen molar-refractivity contribution in [3.8, 4) is 0 Å². The first-order valence-electron chi connectivity index (χ1n) is 8.37. The molecule has 4 nitrogen and oxygen atoms in total. The van der Waals surface area contributed by atoms with Crippen LogP contribution < -0.4 is 0 Å². The average Bonchev–Trinajstić information content (AvgIpc) is 2.43. The maximum atomic E-state index is 11.4. The molecule has 124 valence electrons. The van der Waals surface area contributed by atoms with E-state index in [2.05, 4.69) is 0 Å². The molecule has 0 aromatic carbocycles. The Hall–Kier alpha value is -1.06. The lowest BCUT2D eigenvalue weighted by Gasteiger charge is -2.09. The van der Waals surface area contributed by atoms with Gasteiger partial charge in [0.1, 0.15) is 0 Å². The van der Waals surface area contributed by atoms with Crippen LogP contribution >= 0.6 is 0 Å². The second-order valence-corrected chi connectivity index (χ2v) is 5.91. The molecule has 0 aliphatic heterocycles. The summed E-state index contributed by atoms with van der Waals surface area (Å²) in [5.41, 5.74) is 0. The third-order valence-corrected chi connectivity index (χ3v) is 3.59. The maximum absolute atomic E-state index is 11.4. The highest BCUT2D eigenvalue weighted by Gasteiger charge is 2.02. The van der Waals surface area contributed by atoms with Gasteiger partial charge in [-0.3, -0.25) is 9.59 Å². The summed E-state index contributed by atoms with van der Waals surface area (Å²) >= 11 is 0. The number of unbranched alkanes of at least 4 members (excludes halogenated alkanes) is 9. The van der Waals surface area contributed by atoms with E-state index in [4.69, 9.17) is 4.74 Å². The number of ether oxygens (including phenoxy) is 1. The SMILES string of the molecule is CC(=O)OCCCCCCCCCCCCC(=O)N(C)C. The summed E-state index contributed by atoms with van der Waals surface area (Å²) in [6.45, 7) is 2.03. The summed E-state index contributed by atoms with van der Waals surface area (Å²) in [5.74, 6) is 0.0611. The van der Waals surface area contributed by atoms with Crippen LogP contribution in [0.1, 0.15) is 77.6 Å². The van der Waals surface area contributed by atoms with E-state index in [0.717, 1.165) is 19.3 Å². The van der Waals surface area contributed by atoms with Crippen LogP contribution in [0, 0.1) is 0 Å². The Morgan fingerprint density at radius 3 is 1.62 bits per heavy atom. The Balaban J connectivity index is 3.09. The van der Waals surface area contributed by atoms with Gasteiger partial charge in [-0.05, 0) is 12.8 Å². The number of rotatable bonds is 13. The molecule has 21 heavy (non-hydrogen) atoms. The molecule has 0 aromatic heterocycles. The van der Waals surface area contributed by atoms with Gasteiger partial charge in [-0.25, -0.2) is 0 Å². The zero-order valence-corrected chi connectivity index (χ0v) is 14.2. The molecule has 0 unspecified atom stereocenters. The molecule has 0 aliphatic rings. The van der Waals surface area contributed by atoms with E-state index in [9.17, 15) is 9.59 Å². The van der Waals surface area contributed by atoms with E-state index < -0.39 is 0 Å². The van der Waals surface area contributed by atoms with Crippen LogP contribution in [0.5, 0.6) is 0 Å². The lowest BCUT2D eigenvalue weighted by Crippen LogP contribution is -2.20. The van der Waals surface area contributed by atoms with Gasteiger partial charge in [0.25, 0.3) is 0 Å². The molecule has 0 fully saturated rings. The zero-order chi connectivity index (χ0) is 15.9. The molecule has 0 atom stereocenters. The number of nitrogens with zero attached hydrogens (tertiary/aromatic N) is 1. The van der Waals surface area contributed by atoms with Crippen molar-refractivity contribution in [2.24, 2.45) is 0 Å². The summed E-state index contributed by atoms with van der Waals surface area (Å²) in [7, 11) is 3.63. The number of esters is 1. The van der Waals surface area contributed by atoms with Crippen molar-refractivity contribution in [1.82, 2.24) is 4.90 Å². The minimum atomic E-state index is -0.178. The van der Waals surface area contributed by atoms with Gasteiger partial charge in [-0.2, -0.15) is 0 Å². The van der Waals surface area contributed by atoms with Crippen molar-refractivity contribution in [2.45, 2.75) is 77.6 Å². The molecule has 0 heterocycles. The molecule has 0 aliphatic carbocycles. The third kappa shape index (κ3) is 15.2. The predicted octanol–water partition coefficient (Wildman–Crippen LogP) is 3.93. The molecular formula is C17H33NO3. The van der Waals surface area contributed by atoms with Crippen molar-refractivity contribution in [3.05, 3.63) is 0 Å². The van der Waals surface area contributed by atoms with Crippen LogP contribution in [0.4, 0.5) is 0 Å². The molecular weight excluding hydrogens is 266 g/mol. The average molecular weight is 299 g/mol. The molecule has 0 aromatic rings. The second kappa shape index (κ2) is 13.9. The van der Waals surface area contributed by atoms with Crippen molar-refractivity contribution >= 4 is 11.9 Å². The van der Waals surface area contributed by atoms with Gasteiger partial charge < -0.3 is 9.64 Å². The quantitative estimate of drug-likeness (QED) is 0.382. The Bertz CT molecular complexity index is 277. The number of hydrogen-bond donors (Lipinski definition) is 0. The van der Waals surface area contributed by atoms with Gasteiger partial charge in [-0.15, -0.1) is 0 Å². The molecule has 0 N–H and O–H groups in total. The molecule has 1 amide bonds. The van der Waals surface area contributed by atoms with Crippen LogP contribution in [0.15, 0.2) is 0 Å². The Morgan fingerprint density at radius 2 is 1.19 bits per heavy atom. The standard InChI is InChI=1S/C17H33NO3/c1-16(19)21-15-13-11-9-7-5-4-6-8-10-12-14-17(20)18(2)3/h4-15H2,1-3H3. The number of hydrogen-bond acceptors (Lipinski definition) is 3. The van der Waals surface area contributed by atoms with Gasteiger partial charge >= 0.3 is 5.97 Å². The summed E-state index contributed by atoms with van der Waals surface area (Å²) in [6.07, 6.45) is 12.6. The van der Waals surface area contributed by atoms with Crippen LogP contribution in [0.2, 0.25) is 0 Å². The zero-order valence-electron chi connectivity index (χ0n) is 14.2. The summed E-state index contributed by atoms with van der Waals surface area (Å²) in [5, 5.41) is 0. The van der Waals surface area contributed by atoms with Gasteiger partial charge in [0.15, 0.2) is 0 Å². The Kier molecular flexibility index (Phi) is 13.2. The van der Waals surface area contributed by atoms with Gasteiger partial charge in [0.2, 0.25) is 5.91 Å². The second-order valence-electron chi connectivity index (χ2n) is 5.91. The van der Waals surface area contributed by atoms with Gasteiger partial charge in [0, 0.05) is 27.4 Å². The van der Waals surface area contributed by atoms with E-state index in [1.165, 1.54) is 51.9 Å². The van der Waals surface area contributed by atoms with Gasteiger partial charge in [0.05, 0.1) is 6.61 Å². The highest BCUT2D eigenvalue weighted by atomic mass is 16.5. The molecule has 0 rings (SSSR count). The molecule has 0 bridgehead atoms. The summed E-state index contributed by atoms with van der Waals surface area (Å²) in [6, 6.07) is 0. The topological polar surface area (TPSA) is 46.6 Å². The highest BCUT2D eigenvalue weighted by molar-refractivity contribution is 5.75. The van der Waals surface area contributed by atoms with E-state index in [-0.39, 0.29) is 11.9 Å². The summed E-state index contributed by atoms with van der Waals surface area (Å²) in [4.78, 5) is 23.6. The minimum absolute atomic E-state index is 0.178. The fraction of sp³-hybridized carbons (Fsp3) is 0.882. The predicted molar refractivity (Wildman–Crippen MR) is 86.1 cm³/mol. The van der Waals surface area contributed by atoms with E-state index >= 15 is 0 Å². The monoisotopic (exact) mass is 299 g/mol. The van der Waals surface area contributed by atoms with Gasteiger partial charge in [-0.1, -0.05) is 51.4 Å². The Labute approximate surface area is 130 Å². The van der Waals surface area contributed by atoms with Crippen molar-refractivity contribution in [3.63, 3.8) is 0 Å². The molecule has 0 saturated heterocycles. The van der Waals surface area contributed by atoms with Crippen LogP contribution in [-0.2, 0) is 14.3 Å². The lowest BCUT2D eigenvalue weighted by molar-refractivity contribution is -0.141. The third-order valence-electron chi connectivity index (χ3n) is 3.59. The van der Waals surface area contributed by atoms with Crippen LogP contribution in [0.3, 0.4) is 0 Å². The highest BCUT2D eigenvalue weighted by Crippen LogP contribution is 2.11. The van der Waals surface area contributed by atoms with Crippen molar-refractivity contribution < 1.29 is 14.3 Å². The summed E-state index contributed by atoms with van der Waals surface area (Å²) < 4.78 is 4.89. The normalized spacial score (nSPS) is 10.4.